The highest BCUT2D eigenvalue weighted by atomic mass is 32.2. The maximum Gasteiger partial charge on any atom is 0.265 e. The summed E-state index contributed by atoms with van der Waals surface area (Å²) in [6.45, 7) is 2.49. The molecule has 4 nitrogen and oxygen atoms in total. The zero-order valence-corrected chi connectivity index (χ0v) is 9.98. The molecular weight excluding hydrogens is 228 g/mol. The van der Waals surface area contributed by atoms with Crippen molar-refractivity contribution in [2.24, 2.45) is 5.92 Å². The highest BCUT2D eigenvalue weighted by Gasteiger charge is 2.12. The molecule has 1 rings (SSSR count). The van der Waals surface area contributed by atoms with Crippen molar-refractivity contribution in [3.63, 3.8) is 0 Å². The van der Waals surface area contributed by atoms with Gasteiger partial charge in [-0.25, -0.2) is 0 Å². The van der Waals surface area contributed by atoms with E-state index >= 15 is 0 Å². The van der Waals surface area contributed by atoms with E-state index in [1.54, 1.807) is 6.92 Å². The molecule has 0 fully saturated rings. The average Bonchev–Trinajstić information content (AvgIpc) is 2.16. The van der Waals surface area contributed by atoms with Crippen molar-refractivity contribution in [3.8, 4) is 0 Å². The number of benzene rings is 1. The highest BCUT2D eigenvalue weighted by molar-refractivity contribution is 7.85. The van der Waals surface area contributed by atoms with Crippen LogP contribution >= 0.6 is 0 Å². The Hall–Kier alpha value is -0.910. The van der Waals surface area contributed by atoms with Gasteiger partial charge in [0.2, 0.25) is 0 Å². The lowest BCUT2D eigenvalue weighted by atomic mass is 10.2. The number of ether oxygens (including phenoxy) is 1. The molecule has 0 aliphatic carbocycles. The Bertz CT molecular complexity index is 399. The van der Waals surface area contributed by atoms with E-state index in [0.29, 0.717) is 13.2 Å². The van der Waals surface area contributed by atoms with Gasteiger partial charge in [0.1, 0.15) is 0 Å². The van der Waals surface area contributed by atoms with Crippen LogP contribution in [0.4, 0.5) is 0 Å². The first kappa shape index (κ1) is 13.2. The van der Waals surface area contributed by atoms with E-state index in [4.69, 9.17) is 9.29 Å². The van der Waals surface area contributed by atoms with Crippen LogP contribution in [0.15, 0.2) is 30.3 Å². The molecule has 5 heteroatoms. The third kappa shape index (κ3) is 5.85. The molecule has 0 aromatic heterocycles. The van der Waals surface area contributed by atoms with E-state index in [0.717, 1.165) is 5.56 Å². The monoisotopic (exact) mass is 244 g/mol. The van der Waals surface area contributed by atoms with E-state index in [9.17, 15) is 8.42 Å². The van der Waals surface area contributed by atoms with Crippen molar-refractivity contribution in [1.82, 2.24) is 0 Å². The smallest absolute Gasteiger partial charge is 0.265 e. The molecule has 0 unspecified atom stereocenters. The van der Waals surface area contributed by atoms with Crippen LogP contribution in [-0.2, 0) is 21.5 Å². The summed E-state index contributed by atoms with van der Waals surface area (Å²) in [7, 11) is -3.90. The van der Waals surface area contributed by atoms with Gasteiger partial charge in [0, 0.05) is 0 Å². The topological polar surface area (TPSA) is 63.6 Å². The van der Waals surface area contributed by atoms with Crippen molar-refractivity contribution in [2.75, 3.05) is 12.4 Å². The van der Waals surface area contributed by atoms with E-state index in [2.05, 4.69) is 0 Å². The molecule has 0 saturated carbocycles. The predicted octanol–water partition coefficient (Wildman–Crippen LogP) is 1.73. The Kier molecular flexibility index (Phi) is 4.92. The standard InChI is InChI=1S/C11H16O4S/c1-10(9-16(12,13)14)7-15-8-11-5-3-2-4-6-11/h2-6,10H,7-9H2,1H3,(H,12,13,14)/t10-/m1/s1. The Labute approximate surface area is 96.0 Å². The second kappa shape index (κ2) is 5.98. The average molecular weight is 244 g/mol. The summed E-state index contributed by atoms with van der Waals surface area (Å²) in [5.74, 6) is -0.472. The van der Waals surface area contributed by atoms with Gasteiger partial charge in [-0.15, -0.1) is 0 Å². The molecule has 1 N–H and O–H groups in total. The molecule has 0 spiro atoms. The van der Waals surface area contributed by atoms with Gasteiger partial charge in [-0.1, -0.05) is 37.3 Å². The summed E-state index contributed by atoms with van der Waals surface area (Å²) >= 11 is 0. The van der Waals surface area contributed by atoms with Gasteiger partial charge in [0.25, 0.3) is 10.1 Å². The zero-order valence-electron chi connectivity index (χ0n) is 9.17. The number of rotatable bonds is 6. The highest BCUT2D eigenvalue weighted by Crippen LogP contribution is 2.04. The van der Waals surface area contributed by atoms with Gasteiger partial charge in [0.15, 0.2) is 0 Å². The fourth-order valence-electron chi connectivity index (χ4n) is 1.36. The minimum atomic E-state index is -3.90. The first-order valence-electron chi connectivity index (χ1n) is 5.04. The third-order valence-electron chi connectivity index (χ3n) is 2.01. The van der Waals surface area contributed by atoms with Gasteiger partial charge in [-0.2, -0.15) is 8.42 Å². The van der Waals surface area contributed by atoms with Crippen molar-refractivity contribution >= 4 is 10.1 Å². The largest absolute Gasteiger partial charge is 0.376 e. The van der Waals surface area contributed by atoms with E-state index < -0.39 is 10.1 Å². The maximum absolute atomic E-state index is 10.6. The van der Waals surface area contributed by atoms with Crippen molar-refractivity contribution in [1.29, 1.82) is 0 Å². The maximum atomic E-state index is 10.6. The lowest BCUT2D eigenvalue weighted by Crippen LogP contribution is -2.17. The molecule has 0 saturated heterocycles. The van der Waals surface area contributed by atoms with Gasteiger partial charge >= 0.3 is 0 Å². The van der Waals surface area contributed by atoms with Crippen molar-refractivity contribution < 1.29 is 17.7 Å². The molecular formula is C11H16O4S. The predicted molar refractivity (Wildman–Crippen MR) is 61.7 cm³/mol. The summed E-state index contributed by atoms with van der Waals surface area (Å²) in [6.07, 6.45) is 0. The van der Waals surface area contributed by atoms with Gasteiger partial charge in [-0.3, -0.25) is 4.55 Å². The molecule has 0 heterocycles. The number of hydrogen-bond donors (Lipinski definition) is 1. The first-order chi connectivity index (χ1) is 7.47. The molecule has 16 heavy (non-hydrogen) atoms. The van der Waals surface area contributed by atoms with Crippen LogP contribution < -0.4 is 0 Å². The summed E-state index contributed by atoms with van der Waals surface area (Å²) in [4.78, 5) is 0. The summed E-state index contributed by atoms with van der Waals surface area (Å²) < 4.78 is 35.1. The van der Waals surface area contributed by atoms with Crippen LogP contribution in [0, 0.1) is 5.92 Å². The minimum absolute atomic E-state index is 0.210. The quantitative estimate of drug-likeness (QED) is 0.774. The summed E-state index contributed by atoms with van der Waals surface area (Å²) in [6, 6.07) is 9.63. The second-order valence-corrected chi connectivity index (χ2v) is 5.35. The van der Waals surface area contributed by atoms with Gasteiger partial charge < -0.3 is 4.74 Å². The minimum Gasteiger partial charge on any atom is -0.376 e. The lowest BCUT2D eigenvalue weighted by Gasteiger charge is -2.10. The molecule has 0 bridgehead atoms. The van der Waals surface area contributed by atoms with E-state index in [1.165, 1.54) is 0 Å². The third-order valence-corrected chi connectivity index (χ3v) is 3.00. The molecule has 0 aliphatic rings. The molecule has 0 aliphatic heterocycles. The van der Waals surface area contributed by atoms with Crippen LogP contribution in [0.2, 0.25) is 0 Å². The zero-order chi connectivity index (χ0) is 12.0. The SMILES string of the molecule is C[C@H](COCc1ccccc1)CS(=O)(=O)O. The van der Waals surface area contributed by atoms with Crippen LogP contribution in [0.5, 0.6) is 0 Å². The van der Waals surface area contributed by atoms with Crippen LogP contribution in [0.3, 0.4) is 0 Å². The molecule has 1 aromatic carbocycles. The first-order valence-corrected chi connectivity index (χ1v) is 6.65. The van der Waals surface area contributed by atoms with Crippen molar-refractivity contribution in [2.45, 2.75) is 13.5 Å². The van der Waals surface area contributed by atoms with E-state index in [1.807, 2.05) is 30.3 Å². The Morgan fingerprint density at radius 1 is 1.31 bits per heavy atom. The van der Waals surface area contributed by atoms with E-state index in [-0.39, 0.29) is 11.7 Å². The van der Waals surface area contributed by atoms with Crippen LogP contribution in [-0.4, -0.2) is 25.3 Å². The molecule has 1 aromatic rings. The summed E-state index contributed by atoms with van der Waals surface area (Å²) in [5, 5.41) is 0. The fourth-order valence-corrected chi connectivity index (χ4v) is 2.18. The van der Waals surface area contributed by atoms with Gasteiger partial charge in [0.05, 0.1) is 19.0 Å². The molecule has 90 valence electrons. The summed E-state index contributed by atoms with van der Waals surface area (Å²) in [5.41, 5.74) is 1.04. The molecule has 0 radical (unpaired) electrons. The normalized spacial score (nSPS) is 13.6. The van der Waals surface area contributed by atoms with Crippen LogP contribution in [0.25, 0.3) is 0 Å². The molecule has 0 amide bonds. The Morgan fingerprint density at radius 3 is 2.50 bits per heavy atom. The fraction of sp³-hybridized carbons (Fsp3) is 0.455. The van der Waals surface area contributed by atoms with Gasteiger partial charge in [-0.05, 0) is 11.5 Å². The second-order valence-electron chi connectivity index (χ2n) is 3.85. The Morgan fingerprint density at radius 2 is 1.94 bits per heavy atom. The van der Waals surface area contributed by atoms with Crippen molar-refractivity contribution in [3.05, 3.63) is 35.9 Å². The lowest BCUT2D eigenvalue weighted by molar-refractivity contribution is 0.0973. The number of hydrogen-bond acceptors (Lipinski definition) is 3. The molecule has 1 atom stereocenters. The Balaban J connectivity index is 2.26. The van der Waals surface area contributed by atoms with Crippen LogP contribution in [0.1, 0.15) is 12.5 Å².